The molecule has 0 spiro atoms. The zero-order valence-corrected chi connectivity index (χ0v) is 16.5. The Kier molecular flexibility index (Phi) is 5.01. The number of aromatic nitrogens is 3. The fourth-order valence-corrected chi connectivity index (χ4v) is 3.89. The number of aromatic amines is 1. The van der Waals surface area contributed by atoms with Crippen molar-refractivity contribution in [3.63, 3.8) is 0 Å². The van der Waals surface area contributed by atoms with Crippen LogP contribution in [0.15, 0.2) is 52.5 Å². The number of hydrogen-bond acceptors (Lipinski definition) is 6. The number of H-pyrrole nitrogens is 1. The molecular formula is C20H19FN4O3S. The Labute approximate surface area is 167 Å². The summed E-state index contributed by atoms with van der Waals surface area (Å²) in [6, 6.07) is 10.0. The van der Waals surface area contributed by atoms with Gasteiger partial charge in [0.05, 0.1) is 17.0 Å². The number of rotatable bonds is 4. The van der Waals surface area contributed by atoms with Crippen molar-refractivity contribution in [2.24, 2.45) is 0 Å². The molecule has 0 amide bonds. The Bertz CT molecular complexity index is 1210. The summed E-state index contributed by atoms with van der Waals surface area (Å²) in [4.78, 5) is 25.4. The maximum atomic E-state index is 13.1. The standard InChI is InChI=1S/C20H19FN4O3S/c1-29(27,28)20-23-18-8-9-25(12-16(18)19(26)24-20)11-13-2-7-17(22-10-13)14-3-5-15(21)6-4-14/h2-7,10H,8-9,11-12H2,1H3,(H,23,24,26). The molecule has 29 heavy (non-hydrogen) atoms. The van der Waals surface area contributed by atoms with E-state index in [1.165, 1.54) is 12.1 Å². The molecular weight excluding hydrogens is 395 g/mol. The van der Waals surface area contributed by atoms with E-state index >= 15 is 0 Å². The van der Waals surface area contributed by atoms with Crippen molar-refractivity contribution in [2.45, 2.75) is 24.7 Å². The second-order valence-electron chi connectivity index (χ2n) is 7.09. The van der Waals surface area contributed by atoms with Crippen molar-refractivity contribution in [1.82, 2.24) is 19.9 Å². The number of nitrogens with one attached hydrogen (secondary N) is 1. The van der Waals surface area contributed by atoms with Crippen LogP contribution in [0.1, 0.15) is 16.8 Å². The molecule has 0 fully saturated rings. The van der Waals surface area contributed by atoms with Crippen LogP contribution in [-0.2, 0) is 29.3 Å². The van der Waals surface area contributed by atoms with Gasteiger partial charge in [-0.2, -0.15) is 0 Å². The van der Waals surface area contributed by atoms with Crippen molar-refractivity contribution < 1.29 is 12.8 Å². The van der Waals surface area contributed by atoms with Crippen molar-refractivity contribution in [3.05, 3.63) is 75.6 Å². The van der Waals surface area contributed by atoms with Gasteiger partial charge in [0.25, 0.3) is 5.56 Å². The Morgan fingerprint density at radius 3 is 2.59 bits per heavy atom. The lowest BCUT2D eigenvalue weighted by molar-refractivity contribution is 0.240. The van der Waals surface area contributed by atoms with Gasteiger partial charge in [-0.15, -0.1) is 0 Å². The molecule has 9 heteroatoms. The molecule has 0 radical (unpaired) electrons. The molecule has 3 heterocycles. The first kappa shape index (κ1) is 19.4. The van der Waals surface area contributed by atoms with Crippen LogP contribution in [0.2, 0.25) is 0 Å². The minimum Gasteiger partial charge on any atom is -0.297 e. The smallest absolute Gasteiger partial charge is 0.256 e. The lowest BCUT2D eigenvalue weighted by Gasteiger charge is -2.27. The summed E-state index contributed by atoms with van der Waals surface area (Å²) in [5.41, 5.74) is 3.20. The number of fused-ring (bicyclic) bond motifs is 1. The third-order valence-electron chi connectivity index (χ3n) is 4.85. The average Bonchev–Trinajstić information content (AvgIpc) is 2.69. The summed E-state index contributed by atoms with van der Waals surface area (Å²) in [5, 5.41) is -0.282. The number of nitrogens with zero attached hydrogens (tertiary/aromatic N) is 3. The van der Waals surface area contributed by atoms with E-state index in [-0.39, 0.29) is 11.0 Å². The van der Waals surface area contributed by atoms with E-state index in [1.54, 1.807) is 18.3 Å². The van der Waals surface area contributed by atoms with E-state index in [1.807, 2.05) is 12.1 Å². The molecule has 3 aromatic rings. The third-order valence-corrected chi connectivity index (χ3v) is 5.74. The minimum absolute atomic E-state index is 0.282. The molecule has 0 bridgehead atoms. The molecule has 0 atom stereocenters. The van der Waals surface area contributed by atoms with Crippen LogP contribution in [-0.4, -0.2) is 41.1 Å². The van der Waals surface area contributed by atoms with Gasteiger partial charge in [-0.1, -0.05) is 6.07 Å². The third kappa shape index (κ3) is 4.25. The van der Waals surface area contributed by atoms with Crippen molar-refractivity contribution in [2.75, 3.05) is 12.8 Å². The quantitative estimate of drug-likeness (QED) is 0.656. The van der Waals surface area contributed by atoms with E-state index in [4.69, 9.17) is 0 Å². The average molecular weight is 414 g/mol. The van der Waals surface area contributed by atoms with Crippen molar-refractivity contribution in [1.29, 1.82) is 0 Å². The lowest BCUT2D eigenvalue weighted by Crippen LogP contribution is -2.36. The largest absolute Gasteiger partial charge is 0.297 e. The van der Waals surface area contributed by atoms with E-state index in [2.05, 4.69) is 19.9 Å². The molecule has 4 rings (SSSR count). The SMILES string of the molecule is CS(=O)(=O)c1nc2c(c(=O)[nH]1)CN(Cc1ccc(-c3ccc(F)cc3)nc1)CC2. The Morgan fingerprint density at radius 1 is 1.17 bits per heavy atom. The van der Waals surface area contributed by atoms with E-state index < -0.39 is 15.4 Å². The van der Waals surface area contributed by atoms with Gasteiger partial charge >= 0.3 is 0 Å². The van der Waals surface area contributed by atoms with Gasteiger partial charge in [0.2, 0.25) is 15.0 Å². The fraction of sp³-hybridized carbons (Fsp3) is 0.250. The van der Waals surface area contributed by atoms with Crippen molar-refractivity contribution >= 4 is 9.84 Å². The molecule has 0 saturated carbocycles. The summed E-state index contributed by atoms with van der Waals surface area (Å²) in [6.45, 7) is 1.65. The van der Waals surface area contributed by atoms with Crippen LogP contribution in [0.5, 0.6) is 0 Å². The monoisotopic (exact) mass is 414 g/mol. The van der Waals surface area contributed by atoms with Crippen LogP contribution in [0, 0.1) is 5.82 Å². The van der Waals surface area contributed by atoms with Gasteiger partial charge in [-0.3, -0.25) is 19.7 Å². The predicted molar refractivity (Wildman–Crippen MR) is 105 cm³/mol. The topological polar surface area (TPSA) is 96.0 Å². The predicted octanol–water partition coefficient (Wildman–Crippen LogP) is 1.93. The van der Waals surface area contributed by atoms with Crippen LogP contribution in [0.25, 0.3) is 11.3 Å². The van der Waals surface area contributed by atoms with Gasteiger partial charge in [0.15, 0.2) is 0 Å². The summed E-state index contributed by atoms with van der Waals surface area (Å²) < 4.78 is 36.4. The summed E-state index contributed by atoms with van der Waals surface area (Å²) in [6.07, 6.45) is 3.29. The van der Waals surface area contributed by atoms with E-state index in [0.29, 0.717) is 37.3 Å². The normalized spacial score (nSPS) is 14.6. The maximum absolute atomic E-state index is 13.1. The van der Waals surface area contributed by atoms with Crippen LogP contribution >= 0.6 is 0 Å². The second-order valence-corrected chi connectivity index (χ2v) is 9.02. The maximum Gasteiger partial charge on any atom is 0.256 e. The molecule has 1 aliphatic heterocycles. The summed E-state index contributed by atoms with van der Waals surface area (Å²) in [5.74, 6) is -0.288. The lowest BCUT2D eigenvalue weighted by atomic mass is 10.1. The van der Waals surface area contributed by atoms with Gasteiger partial charge in [0, 0.05) is 44.1 Å². The number of sulfone groups is 1. The highest BCUT2D eigenvalue weighted by atomic mass is 32.2. The van der Waals surface area contributed by atoms with Gasteiger partial charge < -0.3 is 0 Å². The zero-order valence-electron chi connectivity index (χ0n) is 15.7. The Morgan fingerprint density at radius 2 is 1.93 bits per heavy atom. The number of benzene rings is 1. The number of hydrogen-bond donors (Lipinski definition) is 1. The molecule has 0 saturated heterocycles. The number of pyridine rings is 1. The molecule has 1 aromatic carbocycles. The highest BCUT2D eigenvalue weighted by molar-refractivity contribution is 7.90. The van der Waals surface area contributed by atoms with E-state index in [0.717, 1.165) is 23.1 Å². The minimum atomic E-state index is -3.56. The second kappa shape index (κ2) is 7.49. The molecule has 150 valence electrons. The van der Waals surface area contributed by atoms with Gasteiger partial charge in [-0.25, -0.2) is 17.8 Å². The van der Waals surface area contributed by atoms with Gasteiger partial charge in [0.1, 0.15) is 5.82 Å². The van der Waals surface area contributed by atoms with Crippen LogP contribution in [0.3, 0.4) is 0 Å². The summed E-state index contributed by atoms with van der Waals surface area (Å²) >= 11 is 0. The first-order valence-corrected chi connectivity index (χ1v) is 10.9. The van der Waals surface area contributed by atoms with Crippen LogP contribution in [0.4, 0.5) is 4.39 Å². The van der Waals surface area contributed by atoms with Gasteiger partial charge in [-0.05, 0) is 35.9 Å². The highest BCUT2D eigenvalue weighted by Crippen LogP contribution is 2.20. The zero-order chi connectivity index (χ0) is 20.6. The molecule has 1 N–H and O–H groups in total. The Hall–Kier alpha value is -2.91. The summed E-state index contributed by atoms with van der Waals surface area (Å²) in [7, 11) is -3.56. The molecule has 1 aliphatic rings. The first-order valence-electron chi connectivity index (χ1n) is 9.05. The Balaban J connectivity index is 1.49. The fourth-order valence-electron chi connectivity index (χ4n) is 3.34. The molecule has 7 nitrogen and oxygen atoms in total. The molecule has 0 aliphatic carbocycles. The molecule has 2 aromatic heterocycles. The number of halogens is 1. The first-order chi connectivity index (χ1) is 13.8. The van der Waals surface area contributed by atoms with Crippen molar-refractivity contribution in [3.8, 4) is 11.3 Å². The van der Waals surface area contributed by atoms with Crippen LogP contribution < -0.4 is 5.56 Å². The molecule has 0 unspecified atom stereocenters. The van der Waals surface area contributed by atoms with E-state index in [9.17, 15) is 17.6 Å². The highest BCUT2D eigenvalue weighted by Gasteiger charge is 2.23.